The molecule has 1 rings (SSSR count). The van der Waals surface area contributed by atoms with Crippen molar-refractivity contribution >= 4 is 21.9 Å². The van der Waals surface area contributed by atoms with Gasteiger partial charge in [0.1, 0.15) is 0 Å². The highest BCUT2D eigenvalue weighted by Gasteiger charge is 2.20. The van der Waals surface area contributed by atoms with Gasteiger partial charge >= 0.3 is 5.97 Å². The van der Waals surface area contributed by atoms with Crippen molar-refractivity contribution in [1.82, 2.24) is 4.98 Å². The minimum atomic E-state index is -2.72. The molecular weight excluding hydrogens is 272 g/mol. The number of rotatable bonds is 3. The molecule has 15 heavy (non-hydrogen) atoms. The van der Waals surface area contributed by atoms with Gasteiger partial charge in [-0.15, -0.1) is 0 Å². The van der Waals surface area contributed by atoms with E-state index in [0.717, 1.165) is 0 Å². The predicted octanol–water partition coefficient (Wildman–Crippen LogP) is 2.72. The monoisotopic (exact) mass is 279 g/mol. The number of hydrogen-bond donors (Lipinski definition) is 1. The molecule has 6 heteroatoms. The molecule has 82 valence electrons. The molecule has 1 aromatic rings. The number of aromatic nitrogens is 1. The molecule has 0 aliphatic rings. The van der Waals surface area contributed by atoms with Gasteiger partial charge in [-0.3, -0.25) is 9.78 Å². The van der Waals surface area contributed by atoms with Crippen molar-refractivity contribution in [3.8, 4) is 0 Å². The second-order valence-corrected chi connectivity index (χ2v) is 3.82. The molecule has 1 aromatic heterocycles. The standard InChI is InChI=1S/C9H8BrF2NO2/c1-4-5(10)3-13-6(2-7(14)15)8(4)9(11)12/h3,9H,2H2,1H3,(H,14,15). The summed E-state index contributed by atoms with van der Waals surface area (Å²) in [4.78, 5) is 14.1. The molecule has 0 radical (unpaired) electrons. The van der Waals surface area contributed by atoms with E-state index in [2.05, 4.69) is 20.9 Å². The van der Waals surface area contributed by atoms with Gasteiger partial charge in [-0.2, -0.15) is 0 Å². The number of nitrogens with zero attached hydrogens (tertiary/aromatic N) is 1. The highest BCUT2D eigenvalue weighted by Crippen LogP contribution is 2.29. The Hall–Kier alpha value is -1.04. The van der Waals surface area contributed by atoms with Gasteiger partial charge in [-0.1, -0.05) is 0 Å². The molecule has 0 aromatic carbocycles. The molecule has 0 unspecified atom stereocenters. The number of carboxylic acids is 1. The van der Waals surface area contributed by atoms with E-state index in [4.69, 9.17) is 5.11 Å². The van der Waals surface area contributed by atoms with E-state index >= 15 is 0 Å². The van der Waals surface area contributed by atoms with Crippen LogP contribution in [-0.2, 0) is 11.2 Å². The Kier molecular flexibility index (Phi) is 3.73. The van der Waals surface area contributed by atoms with Gasteiger partial charge in [-0.05, 0) is 28.4 Å². The van der Waals surface area contributed by atoms with Crippen LogP contribution in [0.15, 0.2) is 10.7 Å². The molecule has 0 atom stereocenters. The first kappa shape index (κ1) is 12.0. The maximum absolute atomic E-state index is 12.7. The number of alkyl halides is 2. The average Bonchev–Trinajstić information content (AvgIpc) is 2.10. The van der Waals surface area contributed by atoms with Crippen LogP contribution in [0, 0.1) is 6.92 Å². The Morgan fingerprint density at radius 3 is 2.73 bits per heavy atom. The number of pyridine rings is 1. The van der Waals surface area contributed by atoms with E-state index in [1.807, 2.05) is 0 Å². The van der Waals surface area contributed by atoms with Gasteiger partial charge in [-0.25, -0.2) is 8.78 Å². The second-order valence-electron chi connectivity index (χ2n) is 2.96. The van der Waals surface area contributed by atoms with Crippen LogP contribution in [0.25, 0.3) is 0 Å². The number of carbonyl (C=O) groups is 1. The van der Waals surface area contributed by atoms with Crippen molar-refractivity contribution in [3.63, 3.8) is 0 Å². The van der Waals surface area contributed by atoms with Crippen LogP contribution in [0.2, 0.25) is 0 Å². The first-order valence-electron chi connectivity index (χ1n) is 4.07. The van der Waals surface area contributed by atoms with Crippen LogP contribution < -0.4 is 0 Å². The summed E-state index contributed by atoms with van der Waals surface area (Å²) in [5.74, 6) is -1.17. The van der Waals surface area contributed by atoms with Crippen molar-refractivity contribution in [2.75, 3.05) is 0 Å². The zero-order chi connectivity index (χ0) is 11.6. The van der Waals surface area contributed by atoms with Crippen LogP contribution in [0.1, 0.15) is 23.2 Å². The smallest absolute Gasteiger partial charge is 0.309 e. The molecule has 0 aliphatic carbocycles. The Balaban J connectivity index is 3.26. The third-order valence-corrected chi connectivity index (χ3v) is 2.74. The second kappa shape index (κ2) is 4.65. The molecule has 0 fully saturated rings. The molecule has 3 nitrogen and oxygen atoms in total. The Morgan fingerprint density at radius 1 is 1.67 bits per heavy atom. The third-order valence-electron chi connectivity index (χ3n) is 1.94. The van der Waals surface area contributed by atoms with Crippen LogP contribution in [0.4, 0.5) is 8.78 Å². The maximum Gasteiger partial charge on any atom is 0.309 e. The summed E-state index contributed by atoms with van der Waals surface area (Å²) in [6, 6.07) is 0. The largest absolute Gasteiger partial charge is 0.481 e. The molecule has 0 amide bonds. The fourth-order valence-electron chi connectivity index (χ4n) is 1.22. The van der Waals surface area contributed by atoms with Crippen LogP contribution in [0.5, 0.6) is 0 Å². The molecule has 1 heterocycles. The van der Waals surface area contributed by atoms with Gasteiger partial charge < -0.3 is 5.11 Å². The predicted molar refractivity (Wildman–Crippen MR) is 53.0 cm³/mol. The van der Waals surface area contributed by atoms with Gasteiger partial charge in [0, 0.05) is 16.2 Å². The third kappa shape index (κ3) is 2.71. The minimum Gasteiger partial charge on any atom is -0.481 e. The Labute approximate surface area is 93.3 Å². The van der Waals surface area contributed by atoms with E-state index < -0.39 is 18.8 Å². The summed E-state index contributed by atoms with van der Waals surface area (Å²) in [6.45, 7) is 1.50. The van der Waals surface area contributed by atoms with Crippen LogP contribution in [0.3, 0.4) is 0 Å². The topological polar surface area (TPSA) is 50.2 Å². The fraction of sp³-hybridized carbons (Fsp3) is 0.333. The van der Waals surface area contributed by atoms with Crippen LogP contribution in [-0.4, -0.2) is 16.1 Å². The Bertz CT molecular complexity index is 396. The first-order valence-corrected chi connectivity index (χ1v) is 4.86. The van der Waals surface area contributed by atoms with Crippen LogP contribution >= 0.6 is 15.9 Å². The van der Waals surface area contributed by atoms with Gasteiger partial charge in [0.2, 0.25) is 0 Å². The number of halogens is 3. The van der Waals surface area contributed by atoms with E-state index in [1.54, 1.807) is 0 Å². The SMILES string of the molecule is Cc1c(Br)cnc(CC(=O)O)c1C(F)F. The van der Waals surface area contributed by atoms with E-state index in [9.17, 15) is 13.6 Å². The lowest BCUT2D eigenvalue weighted by Crippen LogP contribution is -2.08. The highest BCUT2D eigenvalue weighted by molar-refractivity contribution is 9.10. The summed E-state index contributed by atoms with van der Waals surface area (Å²) >= 11 is 3.07. The summed E-state index contributed by atoms with van der Waals surface area (Å²) in [5, 5.41) is 8.54. The van der Waals surface area contributed by atoms with Gasteiger partial charge in [0.15, 0.2) is 0 Å². The quantitative estimate of drug-likeness (QED) is 0.926. The molecule has 0 aliphatic heterocycles. The lowest BCUT2D eigenvalue weighted by Gasteiger charge is -2.10. The van der Waals surface area contributed by atoms with Crippen molar-refractivity contribution in [3.05, 3.63) is 27.5 Å². The first-order chi connectivity index (χ1) is 6.93. The Morgan fingerprint density at radius 2 is 2.27 bits per heavy atom. The van der Waals surface area contributed by atoms with E-state index in [0.29, 0.717) is 10.0 Å². The van der Waals surface area contributed by atoms with Crippen molar-refractivity contribution in [2.45, 2.75) is 19.8 Å². The number of hydrogen-bond acceptors (Lipinski definition) is 2. The van der Waals surface area contributed by atoms with E-state index in [1.165, 1.54) is 13.1 Å². The number of aliphatic carboxylic acids is 1. The molecule has 0 spiro atoms. The number of carboxylic acid groups (broad SMARTS) is 1. The van der Waals surface area contributed by atoms with Crippen molar-refractivity contribution < 1.29 is 18.7 Å². The highest BCUT2D eigenvalue weighted by atomic mass is 79.9. The lowest BCUT2D eigenvalue weighted by molar-refractivity contribution is -0.136. The van der Waals surface area contributed by atoms with Gasteiger partial charge in [0.05, 0.1) is 12.1 Å². The zero-order valence-electron chi connectivity index (χ0n) is 7.80. The average molecular weight is 280 g/mol. The maximum atomic E-state index is 12.7. The summed E-state index contributed by atoms with van der Waals surface area (Å²) in [6.07, 6.45) is -1.88. The molecular formula is C9H8BrF2NO2. The molecule has 1 N–H and O–H groups in total. The summed E-state index contributed by atoms with van der Waals surface area (Å²) < 4.78 is 25.8. The zero-order valence-corrected chi connectivity index (χ0v) is 9.38. The van der Waals surface area contributed by atoms with Gasteiger partial charge in [0.25, 0.3) is 6.43 Å². The molecule has 0 bridgehead atoms. The molecule has 0 saturated carbocycles. The molecule has 0 saturated heterocycles. The fourth-order valence-corrected chi connectivity index (χ4v) is 1.54. The van der Waals surface area contributed by atoms with E-state index in [-0.39, 0.29) is 11.3 Å². The summed E-state index contributed by atoms with van der Waals surface area (Å²) in [7, 11) is 0. The lowest BCUT2D eigenvalue weighted by atomic mass is 10.1. The van der Waals surface area contributed by atoms with Crippen molar-refractivity contribution in [1.29, 1.82) is 0 Å². The summed E-state index contributed by atoms with van der Waals surface area (Å²) in [5.41, 5.74) is -0.0544. The van der Waals surface area contributed by atoms with Crippen molar-refractivity contribution in [2.24, 2.45) is 0 Å². The minimum absolute atomic E-state index is 0.0850. The normalized spacial score (nSPS) is 10.7.